The summed E-state index contributed by atoms with van der Waals surface area (Å²) in [5.41, 5.74) is 0.924. The van der Waals surface area contributed by atoms with Gasteiger partial charge in [-0.05, 0) is 30.7 Å². The number of para-hydroxylation sites is 1. The molecule has 156 valence electrons. The first-order valence-corrected chi connectivity index (χ1v) is 10.1. The number of hydrogen-bond donors (Lipinski definition) is 1. The second-order valence-electron chi connectivity index (χ2n) is 6.31. The summed E-state index contributed by atoms with van der Waals surface area (Å²) in [6.07, 6.45) is 1.69. The highest BCUT2D eigenvalue weighted by Gasteiger charge is 2.15. The molecule has 0 saturated carbocycles. The molecule has 0 aliphatic heterocycles. The topological polar surface area (TPSA) is 69.0 Å². The molecule has 0 atom stereocenters. The Bertz CT molecular complexity index is 1060. The number of anilines is 1. The first-order chi connectivity index (χ1) is 14.5. The predicted molar refractivity (Wildman–Crippen MR) is 111 cm³/mol. The van der Waals surface area contributed by atoms with E-state index in [0.717, 1.165) is 29.1 Å². The molecule has 1 aromatic heterocycles. The molecular weight excluding hydrogens is 410 g/mol. The summed E-state index contributed by atoms with van der Waals surface area (Å²) in [7, 11) is 0. The number of halogens is 2. The molecule has 1 amide bonds. The number of amides is 1. The van der Waals surface area contributed by atoms with E-state index in [1.807, 2.05) is 31.2 Å². The fourth-order valence-electron chi connectivity index (χ4n) is 2.61. The third-order valence-corrected chi connectivity index (χ3v) is 5.06. The van der Waals surface area contributed by atoms with Crippen LogP contribution in [0.4, 0.5) is 14.5 Å². The van der Waals surface area contributed by atoms with Gasteiger partial charge in [-0.3, -0.25) is 9.36 Å². The normalized spacial score (nSPS) is 10.6. The van der Waals surface area contributed by atoms with Gasteiger partial charge in [0.15, 0.2) is 11.0 Å². The minimum absolute atomic E-state index is 0.0231. The lowest BCUT2D eigenvalue weighted by atomic mass is 10.2. The van der Waals surface area contributed by atoms with Crippen molar-refractivity contribution >= 4 is 23.4 Å². The molecule has 0 aliphatic carbocycles. The van der Waals surface area contributed by atoms with Crippen molar-refractivity contribution < 1.29 is 18.3 Å². The molecule has 1 heterocycles. The lowest BCUT2D eigenvalue weighted by Gasteiger charge is -2.10. The van der Waals surface area contributed by atoms with Crippen molar-refractivity contribution in [3.63, 3.8) is 0 Å². The third kappa shape index (κ3) is 5.44. The van der Waals surface area contributed by atoms with E-state index >= 15 is 0 Å². The van der Waals surface area contributed by atoms with E-state index in [-0.39, 0.29) is 18.0 Å². The van der Waals surface area contributed by atoms with Crippen molar-refractivity contribution in [2.24, 2.45) is 0 Å². The van der Waals surface area contributed by atoms with Crippen LogP contribution in [-0.2, 0) is 17.9 Å². The summed E-state index contributed by atoms with van der Waals surface area (Å²) < 4.78 is 34.3. The van der Waals surface area contributed by atoms with E-state index in [2.05, 4.69) is 22.1 Å². The minimum Gasteiger partial charge on any atom is -0.485 e. The number of benzene rings is 2. The summed E-state index contributed by atoms with van der Waals surface area (Å²) >= 11 is 1.15. The van der Waals surface area contributed by atoms with Crippen LogP contribution in [-0.4, -0.2) is 26.4 Å². The first kappa shape index (κ1) is 21.5. The Morgan fingerprint density at radius 3 is 2.80 bits per heavy atom. The van der Waals surface area contributed by atoms with Crippen LogP contribution in [0.2, 0.25) is 0 Å². The molecule has 30 heavy (non-hydrogen) atoms. The Morgan fingerprint density at radius 1 is 1.27 bits per heavy atom. The second kappa shape index (κ2) is 10.0. The van der Waals surface area contributed by atoms with E-state index in [4.69, 9.17) is 4.74 Å². The van der Waals surface area contributed by atoms with Crippen LogP contribution in [0.1, 0.15) is 11.4 Å². The predicted octanol–water partition coefficient (Wildman–Crippen LogP) is 4.36. The molecule has 1 N–H and O–H groups in total. The maximum Gasteiger partial charge on any atom is 0.234 e. The highest BCUT2D eigenvalue weighted by Crippen LogP contribution is 2.21. The van der Waals surface area contributed by atoms with E-state index < -0.39 is 17.5 Å². The number of carbonyl (C=O) groups is 1. The number of nitrogens with one attached hydrogen (secondary N) is 1. The molecule has 0 fully saturated rings. The number of aryl methyl sites for hydroxylation is 1. The summed E-state index contributed by atoms with van der Waals surface area (Å²) in [6, 6.07) is 10.6. The smallest absolute Gasteiger partial charge is 0.234 e. The Morgan fingerprint density at radius 2 is 2.07 bits per heavy atom. The molecule has 3 rings (SSSR count). The third-order valence-electron chi connectivity index (χ3n) is 4.09. The fraction of sp³-hybridized carbons (Fsp3) is 0.190. The zero-order valence-electron chi connectivity index (χ0n) is 16.3. The molecule has 0 saturated heterocycles. The van der Waals surface area contributed by atoms with Crippen LogP contribution in [0, 0.1) is 18.6 Å². The number of aromatic nitrogens is 3. The number of rotatable bonds is 9. The van der Waals surface area contributed by atoms with Gasteiger partial charge in [-0.25, -0.2) is 8.78 Å². The molecule has 0 bridgehead atoms. The van der Waals surface area contributed by atoms with E-state index in [0.29, 0.717) is 23.6 Å². The zero-order chi connectivity index (χ0) is 21.5. The van der Waals surface area contributed by atoms with Gasteiger partial charge in [0.2, 0.25) is 5.91 Å². The van der Waals surface area contributed by atoms with E-state index in [9.17, 15) is 13.6 Å². The van der Waals surface area contributed by atoms with Gasteiger partial charge >= 0.3 is 0 Å². The van der Waals surface area contributed by atoms with Crippen LogP contribution in [0.15, 0.2) is 60.3 Å². The molecule has 0 radical (unpaired) electrons. The summed E-state index contributed by atoms with van der Waals surface area (Å²) in [6.45, 7) is 6.34. The number of carbonyl (C=O) groups excluding carboxylic acids is 1. The summed E-state index contributed by atoms with van der Waals surface area (Å²) in [4.78, 5) is 12.2. The minimum atomic E-state index is -0.834. The van der Waals surface area contributed by atoms with Gasteiger partial charge in [0.1, 0.15) is 24.0 Å². The average Bonchev–Trinajstić information content (AvgIpc) is 3.10. The maximum absolute atomic E-state index is 13.7. The van der Waals surface area contributed by atoms with Gasteiger partial charge in [-0.15, -0.1) is 16.8 Å². The van der Waals surface area contributed by atoms with Gasteiger partial charge in [0.25, 0.3) is 0 Å². The highest BCUT2D eigenvalue weighted by atomic mass is 32.2. The molecule has 0 unspecified atom stereocenters. The Kier molecular flexibility index (Phi) is 7.18. The Labute approximate surface area is 177 Å². The Hall–Kier alpha value is -3.20. The lowest BCUT2D eigenvalue weighted by Crippen LogP contribution is -2.16. The van der Waals surface area contributed by atoms with Crippen molar-refractivity contribution in [3.05, 3.63) is 78.1 Å². The van der Waals surface area contributed by atoms with Gasteiger partial charge in [0, 0.05) is 12.6 Å². The van der Waals surface area contributed by atoms with Gasteiger partial charge in [0.05, 0.1) is 11.4 Å². The molecule has 0 spiro atoms. The fourth-order valence-corrected chi connectivity index (χ4v) is 3.38. The number of nitrogens with zero attached hydrogens (tertiary/aromatic N) is 3. The molecule has 0 aliphatic rings. The first-order valence-electron chi connectivity index (χ1n) is 9.07. The van der Waals surface area contributed by atoms with Crippen molar-refractivity contribution in [1.29, 1.82) is 0 Å². The van der Waals surface area contributed by atoms with Crippen LogP contribution in [0.25, 0.3) is 0 Å². The zero-order valence-corrected chi connectivity index (χ0v) is 17.1. The molecule has 2 aromatic carbocycles. The summed E-state index contributed by atoms with van der Waals surface area (Å²) in [5.74, 6) is -0.677. The van der Waals surface area contributed by atoms with Gasteiger partial charge in [-0.1, -0.05) is 36.0 Å². The molecule has 6 nitrogen and oxygen atoms in total. The SMILES string of the molecule is C=CCn1c(COc2ccccc2C)nnc1SCC(=O)Nc1ccc(F)cc1F. The molecule has 9 heteroatoms. The molecular formula is C21H20F2N4O2S. The maximum atomic E-state index is 13.7. The van der Waals surface area contributed by atoms with Gasteiger partial charge in [-0.2, -0.15) is 0 Å². The average molecular weight is 430 g/mol. The largest absolute Gasteiger partial charge is 0.485 e. The monoisotopic (exact) mass is 430 g/mol. The van der Waals surface area contributed by atoms with Crippen LogP contribution in [0.3, 0.4) is 0 Å². The van der Waals surface area contributed by atoms with Crippen molar-refractivity contribution in [2.75, 3.05) is 11.1 Å². The number of hydrogen-bond acceptors (Lipinski definition) is 5. The van der Waals surface area contributed by atoms with Crippen LogP contribution in [0.5, 0.6) is 5.75 Å². The number of ether oxygens (including phenoxy) is 1. The Balaban J connectivity index is 1.63. The van der Waals surface area contributed by atoms with Crippen molar-refractivity contribution in [1.82, 2.24) is 14.8 Å². The van der Waals surface area contributed by atoms with Crippen molar-refractivity contribution in [2.45, 2.75) is 25.2 Å². The van der Waals surface area contributed by atoms with E-state index in [1.54, 1.807) is 10.6 Å². The summed E-state index contributed by atoms with van der Waals surface area (Å²) in [5, 5.41) is 11.2. The quantitative estimate of drug-likeness (QED) is 0.404. The highest BCUT2D eigenvalue weighted by molar-refractivity contribution is 7.99. The van der Waals surface area contributed by atoms with Crippen LogP contribution < -0.4 is 10.1 Å². The standard InChI is InChI=1S/C21H20F2N4O2S/c1-3-10-27-19(12-29-18-7-5-4-6-14(18)2)25-26-21(27)30-13-20(28)24-17-9-8-15(22)11-16(17)23/h3-9,11H,1,10,12-13H2,2H3,(H,24,28). The number of allylic oxidation sites excluding steroid dienone is 1. The molecule has 3 aromatic rings. The van der Waals surface area contributed by atoms with E-state index in [1.165, 1.54) is 6.07 Å². The number of thioether (sulfide) groups is 1. The van der Waals surface area contributed by atoms with Gasteiger partial charge < -0.3 is 10.1 Å². The lowest BCUT2D eigenvalue weighted by molar-refractivity contribution is -0.113. The second-order valence-corrected chi connectivity index (χ2v) is 7.26. The van der Waals surface area contributed by atoms with Crippen LogP contribution >= 0.6 is 11.8 Å². The van der Waals surface area contributed by atoms with Crippen molar-refractivity contribution in [3.8, 4) is 5.75 Å².